The van der Waals surface area contributed by atoms with Crippen molar-refractivity contribution < 1.29 is 33.3 Å². The second-order valence-electron chi connectivity index (χ2n) is 5.49. The number of carbonyl (C=O) groups is 3. The monoisotopic (exact) mass is 380 g/mol. The van der Waals surface area contributed by atoms with Crippen molar-refractivity contribution in [3.63, 3.8) is 0 Å². The Labute approximate surface area is 155 Å². The lowest BCUT2D eigenvalue weighted by Crippen LogP contribution is -2.40. The normalized spacial score (nSPS) is 10.2. The zero-order valence-corrected chi connectivity index (χ0v) is 14.6. The number of carbonyl (C=O) groups excluding carboxylic acids is 3. The van der Waals surface area contributed by atoms with Crippen LogP contribution < -0.4 is 21.5 Å². The van der Waals surface area contributed by atoms with E-state index in [2.05, 4.69) is 10.1 Å². The minimum absolute atomic E-state index is 0.239. The van der Waals surface area contributed by atoms with E-state index in [1.807, 2.05) is 0 Å². The van der Waals surface area contributed by atoms with Crippen molar-refractivity contribution in [1.82, 2.24) is 0 Å². The smallest absolute Gasteiger partial charge is 0.411 e. The van der Waals surface area contributed by atoms with Crippen LogP contribution >= 0.6 is 0 Å². The van der Waals surface area contributed by atoms with E-state index in [0.29, 0.717) is 12.1 Å². The first-order chi connectivity index (χ1) is 12.8. The van der Waals surface area contributed by atoms with Crippen molar-refractivity contribution in [3.8, 4) is 12.0 Å². The van der Waals surface area contributed by atoms with Gasteiger partial charge in [-0.05, 0) is 18.6 Å². The largest absolute Gasteiger partial charge is 0.449 e. The van der Waals surface area contributed by atoms with Gasteiger partial charge < -0.3 is 30.4 Å². The van der Waals surface area contributed by atoms with Gasteiger partial charge in [0.15, 0.2) is 0 Å². The second kappa shape index (κ2) is 10.3. The molecule has 0 aliphatic heterocycles. The molecule has 0 aliphatic carbocycles. The number of nitrogens with one attached hydrogen (secondary N) is 1. The highest BCUT2D eigenvalue weighted by Gasteiger charge is 2.34. The van der Waals surface area contributed by atoms with E-state index >= 15 is 0 Å². The van der Waals surface area contributed by atoms with Crippen molar-refractivity contribution in [3.05, 3.63) is 24.3 Å². The molecule has 1 rings (SSSR count). The van der Waals surface area contributed by atoms with Gasteiger partial charge in [0.2, 0.25) is 0 Å². The highest BCUT2D eigenvalue weighted by atomic mass is 16.6. The summed E-state index contributed by atoms with van der Waals surface area (Å²) in [6.07, 6.45) is -1.02. The Bertz CT molecular complexity index is 699. The zero-order valence-electron chi connectivity index (χ0n) is 14.6. The molecule has 0 heterocycles. The Kier molecular flexibility index (Phi) is 8.18. The number of anilines is 1. The molecule has 0 saturated heterocycles. The summed E-state index contributed by atoms with van der Waals surface area (Å²) in [7, 11) is 0. The number of ether oxygens (including phenoxy) is 4. The Balaban J connectivity index is 2.73. The molecule has 0 bridgehead atoms. The van der Waals surface area contributed by atoms with Crippen LogP contribution in [0.5, 0.6) is 5.75 Å². The minimum Gasteiger partial charge on any atom is -0.449 e. The molecule has 0 aromatic heterocycles. The lowest BCUT2D eigenvalue weighted by molar-refractivity contribution is -0.0120. The topological polar surface area (TPSA) is 176 Å². The number of nitrogens with two attached hydrogens (primary N) is 2. The first kappa shape index (κ1) is 21.4. The van der Waals surface area contributed by atoms with Gasteiger partial charge in [0.1, 0.15) is 25.6 Å². The van der Waals surface area contributed by atoms with Crippen LogP contribution in [0.25, 0.3) is 0 Å². The number of nitriles is 1. The Hall–Kier alpha value is -3.68. The summed E-state index contributed by atoms with van der Waals surface area (Å²) in [4.78, 5) is 33.8. The first-order valence-electron chi connectivity index (χ1n) is 7.74. The number of benzene rings is 1. The maximum atomic E-state index is 12.0. The molecule has 0 spiro atoms. The van der Waals surface area contributed by atoms with Gasteiger partial charge in [-0.3, -0.25) is 5.32 Å². The number of rotatable bonds is 9. The molecular formula is C16H20N4O7. The van der Waals surface area contributed by atoms with E-state index in [4.69, 9.17) is 30.9 Å². The third-order valence-corrected chi connectivity index (χ3v) is 3.54. The molecule has 0 fully saturated rings. The maximum absolute atomic E-state index is 12.0. The maximum Gasteiger partial charge on any atom is 0.411 e. The molecule has 0 aliphatic rings. The quantitative estimate of drug-likeness (QED) is 0.428. The van der Waals surface area contributed by atoms with E-state index in [1.54, 1.807) is 19.1 Å². The first-order valence-corrected chi connectivity index (χ1v) is 7.74. The summed E-state index contributed by atoms with van der Waals surface area (Å²) in [5.41, 5.74) is 9.23. The van der Waals surface area contributed by atoms with Crippen LogP contribution in [0.1, 0.15) is 13.3 Å². The highest BCUT2D eigenvalue weighted by molar-refractivity contribution is 5.84. The van der Waals surface area contributed by atoms with Gasteiger partial charge in [0.25, 0.3) is 6.26 Å². The molecule has 0 radical (unpaired) electrons. The molecule has 0 saturated carbocycles. The molecule has 1 aromatic rings. The molecule has 27 heavy (non-hydrogen) atoms. The molecule has 0 unspecified atom stereocenters. The van der Waals surface area contributed by atoms with Gasteiger partial charge in [-0.15, -0.1) is 5.26 Å². The van der Waals surface area contributed by atoms with Gasteiger partial charge in [-0.25, -0.2) is 14.4 Å². The lowest BCUT2D eigenvalue weighted by Gasteiger charge is -2.30. The Morgan fingerprint density at radius 1 is 1.11 bits per heavy atom. The van der Waals surface area contributed by atoms with Gasteiger partial charge in [0.05, 0.1) is 5.41 Å². The van der Waals surface area contributed by atoms with Gasteiger partial charge in [-0.1, -0.05) is 13.0 Å². The van der Waals surface area contributed by atoms with Crippen LogP contribution in [0.2, 0.25) is 0 Å². The molecule has 3 amide bonds. The molecule has 146 valence electrons. The van der Waals surface area contributed by atoms with E-state index in [-0.39, 0.29) is 25.6 Å². The van der Waals surface area contributed by atoms with Crippen LogP contribution in [0.3, 0.4) is 0 Å². The van der Waals surface area contributed by atoms with Crippen molar-refractivity contribution in [2.24, 2.45) is 16.9 Å². The van der Waals surface area contributed by atoms with Gasteiger partial charge in [0, 0.05) is 11.8 Å². The third-order valence-electron chi connectivity index (χ3n) is 3.54. The van der Waals surface area contributed by atoms with Gasteiger partial charge >= 0.3 is 18.3 Å². The molecule has 5 N–H and O–H groups in total. The molecule has 11 nitrogen and oxygen atoms in total. The fourth-order valence-corrected chi connectivity index (χ4v) is 1.94. The number of amides is 3. The number of hydrogen-bond donors (Lipinski definition) is 3. The summed E-state index contributed by atoms with van der Waals surface area (Å²) in [6.45, 7) is 0.985. The average molecular weight is 380 g/mol. The van der Waals surface area contributed by atoms with Crippen molar-refractivity contribution in [1.29, 1.82) is 5.26 Å². The predicted octanol–water partition coefficient (Wildman–Crippen LogP) is 1.68. The fourth-order valence-electron chi connectivity index (χ4n) is 1.94. The Morgan fingerprint density at radius 3 is 2.22 bits per heavy atom. The molecule has 11 heteroatoms. The van der Waals surface area contributed by atoms with E-state index in [1.165, 1.54) is 18.4 Å². The van der Waals surface area contributed by atoms with Crippen LogP contribution in [-0.2, 0) is 14.2 Å². The van der Waals surface area contributed by atoms with Crippen molar-refractivity contribution in [2.75, 3.05) is 25.1 Å². The molecule has 1 aromatic carbocycles. The van der Waals surface area contributed by atoms with Crippen molar-refractivity contribution in [2.45, 2.75) is 13.3 Å². The number of nitrogens with zero attached hydrogens (tertiary/aromatic N) is 1. The van der Waals surface area contributed by atoms with Crippen molar-refractivity contribution >= 4 is 24.0 Å². The summed E-state index contributed by atoms with van der Waals surface area (Å²) >= 11 is 0. The predicted molar refractivity (Wildman–Crippen MR) is 91.4 cm³/mol. The zero-order chi connectivity index (χ0) is 20.3. The van der Waals surface area contributed by atoms with Crippen LogP contribution in [0.4, 0.5) is 20.1 Å². The highest BCUT2D eigenvalue weighted by Crippen LogP contribution is 2.25. The average Bonchev–Trinajstić information content (AvgIpc) is 2.62. The third kappa shape index (κ3) is 7.82. The van der Waals surface area contributed by atoms with E-state index < -0.39 is 23.7 Å². The standard InChI is InChI=1S/C16H20N4O7/c1-2-16(7-24-13(18)21,8-25-14(19)22)9-26-15(23)20-11-4-3-5-12(6-11)27-10-17/h3-6H,2,7-9H2,1H3,(H2,18,21)(H2,19,22)(H,20,23). The summed E-state index contributed by atoms with van der Waals surface area (Å²) in [5.74, 6) is 0.239. The molecular weight excluding hydrogens is 360 g/mol. The summed E-state index contributed by atoms with van der Waals surface area (Å²) in [6, 6.07) is 6.08. The van der Waals surface area contributed by atoms with E-state index in [0.717, 1.165) is 0 Å². The SMILES string of the molecule is CCC(COC(N)=O)(COC(N)=O)COC(=O)Nc1cccc(OC#N)c1. The minimum atomic E-state index is -1.02. The lowest BCUT2D eigenvalue weighted by atomic mass is 9.88. The second-order valence-corrected chi connectivity index (χ2v) is 5.49. The van der Waals surface area contributed by atoms with Crippen LogP contribution in [0, 0.1) is 16.9 Å². The Morgan fingerprint density at radius 2 is 1.70 bits per heavy atom. The van der Waals surface area contributed by atoms with Crippen LogP contribution in [0.15, 0.2) is 24.3 Å². The van der Waals surface area contributed by atoms with Crippen LogP contribution in [-0.4, -0.2) is 38.1 Å². The van der Waals surface area contributed by atoms with Gasteiger partial charge in [-0.2, -0.15) is 0 Å². The summed E-state index contributed by atoms with van der Waals surface area (Å²) < 4.78 is 19.4. The van der Waals surface area contributed by atoms with E-state index in [9.17, 15) is 14.4 Å². The fraction of sp³-hybridized carbons (Fsp3) is 0.375. The summed E-state index contributed by atoms with van der Waals surface area (Å²) in [5, 5.41) is 11.0. The molecule has 0 atom stereocenters. The number of hydrogen-bond acceptors (Lipinski definition) is 8. The number of primary amides is 2.